The van der Waals surface area contributed by atoms with Crippen LogP contribution in [0.5, 0.6) is 0 Å². The highest BCUT2D eigenvalue weighted by atomic mass is 15.0. The van der Waals surface area contributed by atoms with Crippen LogP contribution in [0.2, 0.25) is 0 Å². The van der Waals surface area contributed by atoms with E-state index in [0.717, 1.165) is 26.1 Å². The minimum Gasteiger partial charge on any atom is -0.337 e. The van der Waals surface area contributed by atoms with Crippen molar-refractivity contribution in [2.24, 2.45) is 7.05 Å². The van der Waals surface area contributed by atoms with Crippen molar-refractivity contribution in [2.45, 2.75) is 19.5 Å². The number of aromatic nitrogens is 4. The second-order valence-corrected chi connectivity index (χ2v) is 3.83. The molecule has 0 atom stereocenters. The highest BCUT2D eigenvalue weighted by Crippen LogP contribution is 1.95. The summed E-state index contributed by atoms with van der Waals surface area (Å²) in [5, 5.41) is 3.40. The van der Waals surface area contributed by atoms with E-state index in [1.807, 2.05) is 42.9 Å². The molecule has 2 aromatic rings. The summed E-state index contributed by atoms with van der Waals surface area (Å²) < 4.78 is 4.12. The Morgan fingerprint density at radius 3 is 2.94 bits per heavy atom. The van der Waals surface area contributed by atoms with Crippen LogP contribution in [-0.4, -0.2) is 25.6 Å². The summed E-state index contributed by atoms with van der Waals surface area (Å²) in [6, 6.07) is 0. The maximum Gasteiger partial charge on any atom is 0.0945 e. The van der Waals surface area contributed by atoms with Gasteiger partial charge in [0.05, 0.1) is 18.3 Å². The van der Waals surface area contributed by atoms with Gasteiger partial charge in [-0.2, -0.15) is 0 Å². The molecule has 0 saturated heterocycles. The number of aryl methyl sites for hydroxylation is 2. The van der Waals surface area contributed by atoms with Gasteiger partial charge >= 0.3 is 0 Å². The summed E-state index contributed by atoms with van der Waals surface area (Å²) in [5.41, 5.74) is 1.21. The summed E-state index contributed by atoms with van der Waals surface area (Å²) in [4.78, 5) is 8.08. The molecule has 0 bridgehead atoms. The largest absolute Gasteiger partial charge is 0.337 e. The smallest absolute Gasteiger partial charge is 0.0945 e. The van der Waals surface area contributed by atoms with E-state index in [9.17, 15) is 0 Å². The average molecular weight is 219 g/mol. The van der Waals surface area contributed by atoms with Gasteiger partial charge in [-0.25, -0.2) is 9.97 Å². The molecule has 16 heavy (non-hydrogen) atoms. The molecule has 5 nitrogen and oxygen atoms in total. The highest BCUT2D eigenvalue weighted by Gasteiger charge is 1.96. The number of rotatable bonds is 6. The molecule has 0 aliphatic rings. The Kier molecular flexibility index (Phi) is 3.71. The van der Waals surface area contributed by atoms with Crippen molar-refractivity contribution in [1.82, 2.24) is 24.4 Å². The molecule has 0 unspecified atom stereocenters. The zero-order chi connectivity index (χ0) is 11.2. The van der Waals surface area contributed by atoms with Crippen LogP contribution < -0.4 is 5.32 Å². The van der Waals surface area contributed by atoms with E-state index < -0.39 is 0 Å². The average Bonchev–Trinajstić information content (AvgIpc) is 2.90. The van der Waals surface area contributed by atoms with Crippen molar-refractivity contribution in [1.29, 1.82) is 0 Å². The molecule has 2 heterocycles. The molecule has 2 rings (SSSR count). The first kappa shape index (κ1) is 10.9. The summed E-state index contributed by atoms with van der Waals surface area (Å²) in [7, 11) is 2.01. The van der Waals surface area contributed by atoms with Crippen molar-refractivity contribution in [3.8, 4) is 0 Å². The van der Waals surface area contributed by atoms with Gasteiger partial charge in [0.2, 0.25) is 0 Å². The van der Waals surface area contributed by atoms with E-state index >= 15 is 0 Å². The fraction of sp³-hybridized carbons (Fsp3) is 0.455. The first-order valence-corrected chi connectivity index (χ1v) is 5.48. The molecule has 0 aromatic carbocycles. The van der Waals surface area contributed by atoms with Gasteiger partial charge in [0.1, 0.15) is 0 Å². The SMILES string of the molecule is Cn1cncc1CNCCCn1ccnc1. The molecule has 2 aromatic heterocycles. The fourth-order valence-corrected chi connectivity index (χ4v) is 1.58. The van der Waals surface area contributed by atoms with Crippen LogP contribution in [0.15, 0.2) is 31.2 Å². The molecule has 0 amide bonds. The van der Waals surface area contributed by atoms with Crippen LogP contribution in [0.3, 0.4) is 0 Å². The van der Waals surface area contributed by atoms with E-state index in [0.29, 0.717) is 0 Å². The van der Waals surface area contributed by atoms with Crippen molar-refractivity contribution in [3.63, 3.8) is 0 Å². The van der Waals surface area contributed by atoms with Crippen molar-refractivity contribution in [2.75, 3.05) is 6.54 Å². The molecule has 0 radical (unpaired) electrons. The Balaban J connectivity index is 1.61. The van der Waals surface area contributed by atoms with Crippen LogP contribution in [0, 0.1) is 0 Å². The zero-order valence-corrected chi connectivity index (χ0v) is 9.50. The quantitative estimate of drug-likeness (QED) is 0.731. The monoisotopic (exact) mass is 219 g/mol. The Hall–Kier alpha value is -1.62. The molecular weight excluding hydrogens is 202 g/mol. The third-order valence-electron chi connectivity index (χ3n) is 2.55. The molecule has 0 spiro atoms. The summed E-state index contributed by atoms with van der Waals surface area (Å²) in [6.07, 6.45) is 10.5. The highest BCUT2D eigenvalue weighted by molar-refractivity contribution is 4.96. The number of nitrogens with one attached hydrogen (secondary N) is 1. The van der Waals surface area contributed by atoms with Crippen LogP contribution >= 0.6 is 0 Å². The molecule has 5 heteroatoms. The van der Waals surface area contributed by atoms with E-state index in [4.69, 9.17) is 0 Å². The number of nitrogens with zero attached hydrogens (tertiary/aromatic N) is 4. The van der Waals surface area contributed by atoms with Crippen molar-refractivity contribution >= 4 is 0 Å². The van der Waals surface area contributed by atoms with Crippen LogP contribution in [-0.2, 0) is 20.1 Å². The van der Waals surface area contributed by atoms with E-state index in [1.54, 1.807) is 0 Å². The maximum atomic E-state index is 4.07. The lowest BCUT2D eigenvalue weighted by molar-refractivity contribution is 0.571. The molecule has 1 N–H and O–H groups in total. The number of hydrogen-bond donors (Lipinski definition) is 1. The summed E-state index contributed by atoms with van der Waals surface area (Å²) >= 11 is 0. The number of imidazole rings is 2. The van der Waals surface area contributed by atoms with Crippen LogP contribution in [0.1, 0.15) is 12.1 Å². The van der Waals surface area contributed by atoms with Gasteiger partial charge in [-0.3, -0.25) is 0 Å². The molecule has 0 aliphatic heterocycles. The van der Waals surface area contributed by atoms with Crippen molar-refractivity contribution in [3.05, 3.63) is 36.9 Å². The summed E-state index contributed by atoms with van der Waals surface area (Å²) in [5.74, 6) is 0. The van der Waals surface area contributed by atoms with Crippen molar-refractivity contribution < 1.29 is 0 Å². The first-order chi connectivity index (χ1) is 7.86. The first-order valence-electron chi connectivity index (χ1n) is 5.48. The Morgan fingerprint density at radius 2 is 2.25 bits per heavy atom. The van der Waals surface area contributed by atoms with Gasteiger partial charge in [-0.1, -0.05) is 0 Å². The van der Waals surface area contributed by atoms with Gasteiger partial charge in [-0.15, -0.1) is 0 Å². The van der Waals surface area contributed by atoms with E-state index in [2.05, 4.69) is 19.9 Å². The molecular formula is C11H17N5. The lowest BCUT2D eigenvalue weighted by atomic mass is 10.4. The van der Waals surface area contributed by atoms with Crippen LogP contribution in [0.25, 0.3) is 0 Å². The maximum absolute atomic E-state index is 4.07. The lowest BCUT2D eigenvalue weighted by Gasteiger charge is -2.05. The lowest BCUT2D eigenvalue weighted by Crippen LogP contribution is -2.17. The van der Waals surface area contributed by atoms with E-state index in [-0.39, 0.29) is 0 Å². The molecule has 86 valence electrons. The van der Waals surface area contributed by atoms with E-state index in [1.165, 1.54) is 5.69 Å². The minimum absolute atomic E-state index is 0.875. The van der Waals surface area contributed by atoms with Gasteiger partial charge in [-0.05, 0) is 13.0 Å². The predicted octanol–water partition coefficient (Wildman–Crippen LogP) is 0.796. The van der Waals surface area contributed by atoms with Gasteiger partial charge in [0.15, 0.2) is 0 Å². The minimum atomic E-state index is 0.875. The third-order valence-corrected chi connectivity index (χ3v) is 2.55. The normalized spacial score (nSPS) is 10.8. The fourth-order valence-electron chi connectivity index (χ4n) is 1.58. The second-order valence-electron chi connectivity index (χ2n) is 3.83. The van der Waals surface area contributed by atoms with Gasteiger partial charge in [0, 0.05) is 38.7 Å². The molecule has 0 saturated carbocycles. The Labute approximate surface area is 95.1 Å². The predicted molar refractivity (Wildman–Crippen MR) is 61.8 cm³/mol. The molecule has 0 aliphatic carbocycles. The number of hydrogen-bond acceptors (Lipinski definition) is 3. The Morgan fingerprint density at radius 1 is 1.31 bits per heavy atom. The van der Waals surface area contributed by atoms with Crippen LogP contribution in [0.4, 0.5) is 0 Å². The third kappa shape index (κ3) is 2.93. The topological polar surface area (TPSA) is 47.7 Å². The standard InChI is InChI=1S/C11H17N5/c1-15-9-14-8-11(15)7-12-3-2-5-16-6-4-13-10-16/h4,6,8-10,12H,2-3,5,7H2,1H3. The van der Waals surface area contributed by atoms with Gasteiger partial charge < -0.3 is 14.5 Å². The zero-order valence-electron chi connectivity index (χ0n) is 9.50. The Bertz CT molecular complexity index is 404. The second kappa shape index (κ2) is 5.46. The van der Waals surface area contributed by atoms with Gasteiger partial charge in [0.25, 0.3) is 0 Å². The summed E-state index contributed by atoms with van der Waals surface area (Å²) in [6.45, 7) is 2.89. The molecule has 0 fully saturated rings.